The number of fused-ring (bicyclic) bond motifs is 1. The van der Waals surface area contributed by atoms with E-state index in [0.29, 0.717) is 13.2 Å². The van der Waals surface area contributed by atoms with Gasteiger partial charge in [-0.1, -0.05) is 31.2 Å². The second-order valence-electron chi connectivity index (χ2n) is 9.19. The zero-order valence-electron chi connectivity index (χ0n) is 20.8. The molecule has 180 valence electrons. The minimum atomic E-state index is 0.279. The lowest BCUT2D eigenvalue weighted by Crippen LogP contribution is -2.31. The highest BCUT2D eigenvalue weighted by Gasteiger charge is 2.21. The van der Waals surface area contributed by atoms with Gasteiger partial charge in [0.05, 0.1) is 11.4 Å². The van der Waals surface area contributed by atoms with Crippen molar-refractivity contribution < 1.29 is 4.74 Å². The Labute approximate surface area is 203 Å². The Kier molecular flexibility index (Phi) is 7.39. The Morgan fingerprint density at radius 3 is 2.74 bits per heavy atom. The number of pyridine rings is 1. The van der Waals surface area contributed by atoms with Gasteiger partial charge in [-0.25, -0.2) is 5.84 Å². The standard InChI is InChI=1S/C28H37N5O/c1-5-24(25-9-10-26(33(30)6-2)28(29)20(25)4)21-8-7-19(3)22(15-21)17-32-13-14-34-27-11-12-31-16-23(27)18-32/h7-12,15-16,24H,5-6,13-14,17-18,29-30H2,1-4H3/t24-/m1/s1. The van der Waals surface area contributed by atoms with E-state index in [1.54, 1.807) is 11.2 Å². The summed E-state index contributed by atoms with van der Waals surface area (Å²) < 4.78 is 5.94. The first kappa shape index (κ1) is 24.0. The molecule has 0 aliphatic carbocycles. The molecule has 2 aromatic carbocycles. The summed E-state index contributed by atoms with van der Waals surface area (Å²) in [5.41, 5.74) is 15.7. The Balaban J connectivity index is 1.61. The van der Waals surface area contributed by atoms with Crippen molar-refractivity contribution in [2.24, 2.45) is 5.84 Å². The van der Waals surface area contributed by atoms with Gasteiger partial charge in [0.2, 0.25) is 0 Å². The fourth-order valence-corrected chi connectivity index (χ4v) is 4.90. The van der Waals surface area contributed by atoms with Crippen molar-refractivity contribution in [3.63, 3.8) is 0 Å². The molecule has 2 heterocycles. The summed E-state index contributed by atoms with van der Waals surface area (Å²) in [5.74, 6) is 7.36. The van der Waals surface area contributed by atoms with Crippen molar-refractivity contribution in [3.8, 4) is 5.75 Å². The zero-order valence-corrected chi connectivity index (χ0v) is 20.8. The van der Waals surface area contributed by atoms with Crippen LogP contribution < -0.4 is 21.3 Å². The molecule has 34 heavy (non-hydrogen) atoms. The molecule has 0 radical (unpaired) electrons. The highest BCUT2D eigenvalue weighted by atomic mass is 16.5. The number of nitrogens with two attached hydrogens (primary N) is 2. The maximum Gasteiger partial charge on any atom is 0.126 e. The van der Waals surface area contributed by atoms with Gasteiger partial charge in [0.15, 0.2) is 0 Å². The van der Waals surface area contributed by atoms with Gasteiger partial charge in [0, 0.05) is 50.1 Å². The zero-order chi connectivity index (χ0) is 24.2. The number of benzene rings is 2. The van der Waals surface area contributed by atoms with Gasteiger partial charge in [0.25, 0.3) is 0 Å². The van der Waals surface area contributed by atoms with Crippen molar-refractivity contribution in [1.82, 2.24) is 9.88 Å². The van der Waals surface area contributed by atoms with Crippen LogP contribution in [0.2, 0.25) is 0 Å². The Bertz CT molecular complexity index is 1150. The maximum absolute atomic E-state index is 6.52. The summed E-state index contributed by atoms with van der Waals surface area (Å²) in [6, 6.07) is 13.1. The largest absolute Gasteiger partial charge is 0.492 e. The van der Waals surface area contributed by atoms with E-state index in [-0.39, 0.29) is 5.92 Å². The predicted molar refractivity (Wildman–Crippen MR) is 140 cm³/mol. The smallest absolute Gasteiger partial charge is 0.126 e. The molecular formula is C28H37N5O. The molecule has 4 N–H and O–H groups in total. The molecule has 0 spiro atoms. The lowest BCUT2D eigenvalue weighted by molar-refractivity contribution is 0.219. The van der Waals surface area contributed by atoms with Crippen molar-refractivity contribution in [2.75, 3.05) is 30.4 Å². The summed E-state index contributed by atoms with van der Waals surface area (Å²) in [6.45, 7) is 12.6. The van der Waals surface area contributed by atoms with Gasteiger partial charge in [-0.15, -0.1) is 0 Å². The molecule has 0 bridgehead atoms. The van der Waals surface area contributed by atoms with Crippen molar-refractivity contribution in [2.45, 2.75) is 53.1 Å². The molecule has 1 aromatic heterocycles. The van der Waals surface area contributed by atoms with E-state index >= 15 is 0 Å². The van der Waals surface area contributed by atoms with Gasteiger partial charge >= 0.3 is 0 Å². The lowest BCUT2D eigenvalue weighted by atomic mass is 9.84. The Morgan fingerprint density at radius 2 is 1.97 bits per heavy atom. The van der Waals surface area contributed by atoms with Gasteiger partial charge < -0.3 is 15.5 Å². The first-order valence-electron chi connectivity index (χ1n) is 12.2. The number of hydrazine groups is 1. The fourth-order valence-electron chi connectivity index (χ4n) is 4.90. The number of hydrogen-bond donors (Lipinski definition) is 2. The van der Waals surface area contributed by atoms with E-state index in [1.165, 1.54) is 22.3 Å². The first-order valence-corrected chi connectivity index (χ1v) is 12.2. The van der Waals surface area contributed by atoms with E-state index < -0.39 is 0 Å². The van der Waals surface area contributed by atoms with Gasteiger partial charge in [0.1, 0.15) is 12.4 Å². The van der Waals surface area contributed by atoms with Crippen LogP contribution in [-0.4, -0.2) is 29.6 Å². The van der Waals surface area contributed by atoms with Crippen molar-refractivity contribution in [3.05, 3.63) is 82.2 Å². The number of rotatable bonds is 7. The summed E-state index contributed by atoms with van der Waals surface area (Å²) in [4.78, 5) is 6.73. The number of nitrogen functional groups attached to an aromatic ring is 1. The molecule has 0 fully saturated rings. The van der Waals surface area contributed by atoms with Crippen LogP contribution in [0.3, 0.4) is 0 Å². The third-order valence-corrected chi connectivity index (χ3v) is 7.05. The molecule has 1 atom stereocenters. The second-order valence-corrected chi connectivity index (χ2v) is 9.19. The second kappa shape index (κ2) is 10.5. The molecule has 3 aromatic rings. The van der Waals surface area contributed by atoms with Crippen molar-refractivity contribution >= 4 is 11.4 Å². The van der Waals surface area contributed by atoms with Crippen LogP contribution in [0.15, 0.2) is 48.8 Å². The van der Waals surface area contributed by atoms with E-state index in [9.17, 15) is 0 Å². The fraction of sp³-hybridized carbons (Fsp3) is 0.393. The molecular weight excluding hydrogens is 422 g/mol. The number of anilines is 2. The SMILES string of the molecule is CC[C@H](c1ccc(C)c(CN2CCOc3ccncc3C2)c1)c1ccc(N(N)CC)c(N)c1C. The first-order chi connectivity index (χ1) is 16.4. The number of nitrogens with zero attached hydrogens (tertiary/aromatic N) is 3. The quantitative estimate of drug-likeness (QED) is 0.297. The monoisotopic (exact) mass is 459 g/mol. The van der Waals surface area contributed by atoms with Crippen LogP contribution in [-0.2, 0) is 13.1 Å². The summed E-state index contributed by atoms with van der Waals surface area (Å²) in [5, 5.41) is 1.70. The molecule has 0 amide bonds. The Hall–Kier alpha value is -3.09. The van der Waals surface area contributed by atoms with Gasteiger partial charge in [-0.3, -0.25) is 9.88 Å². The maximum atomic E-state index is 6.52. The number of aryl methyl sites for hydroxylation is 1. The Morgan fingerprint density at radius 1 is 1.15 bits per heavy atom. The van der Waals surface area contributed by atoms with Crippen LogP contribution in [0.25, 0.3) is 0 Å². The highest BCUT2D eigenvalue weighted by Crippen LogP contribution is 2.37. The molecule has 1 aliphatic rings. The average molecular weight is 460 g/mol. The number of hydrogen-bond acceptors (Lipinski definition) is 6. The summed E-state index contributed by atoms with van der Waals surface area (Å²) in [7, 11) is 0. The third kappa shape index (κ3) is 4.88. The topological polar surface area (TPSA) is 80.6 Å². The summed E-state index contributed by atoms with van der Waals surface area (Å²) >= 11 is 0. The minimum absolute atomic E-state index is 0.279. The van der Waals surface area contributed by atoms with E-state index in [4.69, 9.17) is 16.3 Å². The normalized spacial score (nSPS) is 14.7. The molecule has 0 saturated carbocycles. The van der Waals surface area contributed by atoms with Crippen LogP contribution in [0.1, 0.15) is 59.6 Å². The summed E-state index contributed by atoms with van der Waals surface area (Å²) in [6.07, 6.45) is 4.71. The van der Waals surface area contributed by atoms with E-state index in [0.717, 1.165) is 54.3 Å². The van der Waals surface area contributed by atoms with Crippen LogP contribution >= 0.6 is 0 Å². The number of ether oxygens (including phenoxy) is 1. The van der Waals surface area contributed by atoms with Gasteiger partial charge in [-0.2, -0.15) is 0 Å². The van der Waals surface area contributed by atoms with Crippen LogP contribution in [0.4, 0.5) is 11.4 Å². The van der Waals surface area contributed by atoms with Crippen molar-refractivity contribution in [1.29, 1.82) is 0 Å². The van der Waals surface area contributed by atoms with E-state index in [1.807, 2.05) is 19.2 Å². The average Bonchev–Trinajstić information content (AvgIpc) is 3.05. The van der Waals surface area contributed by atoms with Crippen LogP contribution in [0.5, 0.6) is 5.75 Å². The predicted octanol–water partition coefficient (Wildman–Crippen LogP) is 4.92. The van der Waals surface area contributed by atoms with Crippen LogP contribution in [0, 0.1) is 13.8 Å². The molecule has 4 rings (SSSR count). The molecule has 0 saturated heterocycles. The number of aromatic nitrogens is 1. The molecule has 1 aliphatic heterocycles. The van der Waals surface area contributed by atoms with Gasteiger partial charge in [-0.05, 0) is 67.1 Å². The van der Waals surface area contributed by atoms with E-state index in [2.05, 4.69) is 61.0 Å². The minimum Gasteiger partial charge on any atom is -0.492 e. The highest BCUT2D eigenvalue weighted by molar-refractivity contribution is 5.72. The molecule has 6 heteroatoms. The third-order valence-electron chi connectivity index (χ3n) is 7.05. The lowest BCUT2D eigenvalue weighted by Gasteiger charge is -2.26. The molecule has 6 nitrogen and oxygen atoms in total. The molecule has 0 unspecified atom stereocenters.